The van der Waals surface area contributed by atoms with E-state index in [4.69, 9.17) is 11.6 Å². The van der Waals surface area contributed by atoms with E-state index in [0.29, 0.717) is 16.3 Å². The van der Waals surface area contributed by atoms with Crippen molar-refractivity contribution < 1.29 is 14.4 Å². The molecule has 0 spiro atoms. The predicted molar refractivity (Wildman–Crippen MR) is 93.1 cm³/mol. The van der Waals surface area contributed by atoms with E-state index < -0.39 is 6.09 Å². The standard InChI is InChI=1S/C16H12BrClN2O3/c1-10(15(21)11-5-7-12(17)8-6-11)20-23-16(22)19-14-4-2-3-13(18)9-14/h2-9H,1H3,(H,19,22)/b20-10-. The maximum absolute atomic E-state index is 12.1. The Morgan fingerprint density at radius 1 is 1.17 bits per heavy atom. The van der Waals surface area contributed by atoms with Gasteiger partial charge in [0.15, 0.2) is 0 Å². The van der Waals surface area contributed by atoms with Gasteiger partial charge in [0, 0.05) is 20.7 Å². The summed E-state index contributed by atoms with van der Waals surface area (Å²) in [6.07, 6.45) is -0.810. The van der Waals surface area contributed by atoms with Crippen LogP contribution in [0.4, 0.5) is 10.5 Å². The number of anilines is 1. The Hall–Kier alpha value is -2.18. The summed E-state index contributed by atoms with van der Waals surface area (Å²) in [7, 11) is 0. The summed E-state index contributed by atoms with van der Waals surface area (Å²) in [5.74, 6) is -0.326. The van der Waals surface area contributed by atoms with Crippen molar-refractivity contribution in [3.05, 3.63) is 63.6 Å². The molecule has 0 radical (unpaired) electrons. The van der Waals surface area contributed by atoms with Gasteiger partial charge >= 0.3 is 6.09 Å². The summed E-state index contributed by atoms with van der Waals surface area (Å²) in [5, 5.41) is 6.49. The zero-order valence-corrected chi connectivity index (χ0v) is 14.4. The second-order valence-corrected chi connectivity index (χ2v) is 5.88. The normalized spacial score (nSPS) is 11.0. The Morgan fingerprint density at radius 2 is 1.87 bits per heavy atom. The van der Waals surface area contributed by atoms with Crippen LogP contribution in [0, 0.1) is 0 Å². The minimum atomic E-state index is -0.810. The molecule has 0 atom stereocenters. The number of oxime groups is 1. The fourth-order valence-corrected chi connectivity index (χ4v) is 2.12. The number of hydrogen-bond donors (Lipinski definition) is 1. The number of benzene rings is 2. The van der Waals surface area contributed by atoms with E-state index >= 15 is 0 Å². The van der Waals surface area contributed by atoms with Gasteiger partial charge in [0.2, 0.25) is 5.78 Å². The maximum atomic E-state index is 12.1. The highest BCUT2D eigenvalue weighted by atomic mass is 79.9. The van der Waals surface area contributed by atoms with Crippen molar-refractivity contribution >= 4 is 50.8 Å². The molecule has 1 N–H and O–H groups in total. The van der Waals surface area contributed by atoms with Crippen LogP contribution in [-0.2, 0) is 4.84 Å². The highest BCUT2D eigenvalue weighted by Gasteiger charge is 2.11. The zero-order chi connectivity index (χ0) is 16.8. The number of amides is 1. The fourth-order valence-electron chi connectivity index (χ4n) is 1.67. The van der Waals surface area contributed by atoms with Crippen molar-refractivity contribution in [1.82, 2.24) is 0 Å². The first kappa shape index (κ1) is 17.2. The molecule has 0 heterocycles. The topological polar surface area (TPSA) is 67.8 Å². The summed E-state index contributed by atoms with van der Waals surface area (Å²) in [6.45, 7) is 1.47. The average Bonchev–Trinajstić information content (AvgIpc) is 2.52. The predicted octanol–water partition coefficient (Wildman–Crippen LogP) is 4.91. The van der Waals surface area contributed by atoms with E-state index in [2.05, 4.69) is 31.2 Å². The molecule has 0 saturated heterocycles. The average molecular weight is 396 g/mol. The van der Waals surface area contributed by atoms with Crippen molar-refractivity contribution in [3.8, 4) is 0 Å². The lowest BCUT2D eigenvalue weighted by Gasteiger charge is -2.04. The SMILES string of the molecule is C/C(=N/OC(=O)Nc1cccc(Cl)c1)C(=O)c1ccc(Br)cc1. The van der Waals surface area contributed by atoms with Gasteiger partial charge in [-0.25, -0.2) is 4.79 Å². The van der Waals surface area contributed by atoms with Crippen molar-refractivity contribution in [2.24, 2.45) is 5.16 Å². The van der Waals surface area contributed by atoms with Crippen LogP contribution in [0.15, 0.2) is 58.2 Å². The third-order valence-corrected chi connectivity index (χ3v) is 3.54. The molecule has 0 bridgehead atoms. The Morgan fingerprint density at radius 3 is 2.52 bits per heavy atom. The van der Waals surface area contributed by atoms with E-state index in [1.54, 1.807) is 48.5 Å². The smallest absolute Gasteiger partial charge is 0.297 e. The second-order valence-electron chi connectivity index (χ2n) is 4.53. The van der Waals surface area contributed by atoms with Gasteiger partial charge in [-0.15, -0.1) is 0 Å². The molecule has 0 aliphatic carbocycles. The third kappa shape index (κ3) is 5.19. The molecule has 0 fully saturated rings. The van der Waals surface area contributed by atoms with E-state index in [1.165, 1.54) is 6.92 Å². The van der Waals surface area contributed by atoms with Crippen LogP contribution < -0.4 is 5.32 Å². The number of nitrogens with one attached hydrogen (secondary N) is 1. The van der Waals surface area contributed by atoms with Crippen LogP contribution in [-0.4, -0.2) is 17.6 Å². The lowest BCUT2D eigenvalue weighted by atomic mass is 10.1. The number of carbonyl (C=O) groups is 2. The van der Waals surface area contributed by atoms with Crippen LogP contribution in [0.2, 0.25) is 5.02 Å². The Labute approximate surface area is 146 Å². The van der Waals surface area contributed by atoms with Crippen molar-refractivity contribution in [2.75, 3.05) is 5.32 Å². The quantitative estimate of drug-likeness (QED) is 0.346. The first-order valence-corrected chi connectivity index (χ1v) is 7.71. The molecule has 2 aromatic rings. The molecular formula is C16H12BrClN2O3. The highest BCUT2D eigenvalue weighted by molar-refractivity contribution is 9.10. The Bertz CT molecular complexity index is 760. The number of halogens is 2. The molecule has 7 heteroatoms. The van der Waals surface area contributed by atoms with Crippen LogP contribution in [0.3, 0.4) is 0 Å². The summed E-state index contributed by atoms with van der Waals surface area (Å²) in [4.78, 5) is 28.4. The van der Waals surface area contributed by atoms with E-state index in [0.717, 1.165) is 4.47 Å². The summed E-state index contributed by atoms with van der Waals surface area (Å²) in [6, 6.07) is 13.4. The van der Waals surface area contributed by atoms with Gasteiger partial charge in [0.05, 0.1) is 0 Å². The van der Waals surface area contributed by atoms with E-state index in [-0.39, 0.29) is 11.5 Å². The van der Waals surface area contributed by atoms with Gasteiger partial charge in [-0.1, -0.05) is 38.8 Å². The largest absolute Gasteiger partial charge is 0.437 e. The van der Waals surface area contributed by atoms with Gasteiger partial charge in [0.1, 0.15) is 5.71 Å². The van der Waals surface area contributed by atoms with Crippen LogP contribution in [0.25, 0.3) is 0 Å². The maximum Gasteiger partial charge on any atom is 0.437 e. The zero-order valence-electron chi connectivity index (χ0n) is 12.0. The van der Waals surface area contributed by atoms with Crippen molar-refractivity contribution in [3.63, 3.8) is 0 Å². The number of rotatable bonds is 4. The molecule has 1 amide bonds. The fraction of sp³-hybridized carbons (Fsp3) is 0.0625. The molecule has 2 aromatic carbocycles. The lowest BCUT2D eigenvalue weighted by molar-refractivity contribution is 0.105. The molecule has 2 rings (SSSR count). The summed E-state index contributed by atoms with van der Waals surface area (Å²) >= 11 is 9.10. The van der Waals surface area contributed by atoms with E-state index in [9.17, 15) is 9.59 Å². The van der Waals surface area contributed by atoms with Crippen LogP contribution >= 0.6 is 27.5 Å². The van der Waals surface area contributed by atoms with Crippen molar-refractivity contribution in [1.29, 1.82) is 0 Å². The van der Waals surface area contributed by atoms with Gasteiger partial charge in [0.25, 0.3) is 0 Å². The minimum absolute atomic E-state index is 0.0635. The minimum Gasteiger partial charge on any atom is -0.297 e. The van der Waals surface area contributed by atoms with Gasteiger partial charge in [-0.05, 0) is 49.4 Å². The lowest BCUT2D eigenvalue weighted by Crippen LogP contribution is -2.15. The van der Waals surface area contributed by atoms with Crippen molar-refractivity contribution in [2.45, 2.75) is 6.92 Å². The number of hydrogen-bond acceptors (Lipinski definition) is 4. The molecule has 0 saturated carbocycles. The molecule has 23 heavy (non-hydrogen) atoms. The van der Waals surface area contributed by atoms with Gasteiger partial charge < -0.3 is 0 Å². The molecule has 118 valence electrons. The summed E-state index contributed by atoms with van der Waals surface area (Å²) < 4.78 is 0.862. The van der Waals surface area contributed by atoms with E-state index in [1.807, 2.05) is 0 Å². The van der Waals surface area contributed by atoms with Gasteiger partial charge in [-0.3, -0.25) is 14.9 Å². The number of carbonyl (C=O) groups excluding carboxylic acids is 2. The monoisotopic (exact) mass is 394 g/mol. The number of ketones is 1. The molecule has 0 unspecified atom stereocenters. The molecule has 0 aliphatic rings. The summed E-state index contributed by atoms with van der Waals surface area (Å²) in [5.41, 5.74) is 0.983. The van der Waals surface area contributed by atoms with Gasteiger partial charge in [-0.2, -0.15) is 0 Å². The molecular weight excluding hydrogens is 384 g/mol. The van der Waals surface area contributed by atoms with Crippen LogP contribution in [0.1, 0.15) is 17.3 Å². The molecule has 5 nitrogen and oxygen atoms in total. The first-order valence-electron chi connectivity index (χ1n) is 6.54. The third-order valence-electron chi connectivity index (χ3n) is 2.77. The highest BCUT2D eigenvalue weighted by Crippen LogP contribution is 2.15. The molecule has 0 aromatic heterocycles. The molecule has 0 aliphatic heterocycles. The number of nitrogens with zero attached hydrogens (tertiary/aromatic N) is 1. The number of Topliss-reactive ketones (excluding diaryl/α,β-unsaturated/α-hetero) is 1. The van der Waals surface area contributed by atoms with Crippen LogP contribution in [0.5, 0.6) is 0 Å². The second kappa shape index (κ2) is 7.89. The Kier molecular flexibility index (Phi) is 5.90. The Balaban J connectivity index is 1.97. The first-order chi connectivity index (χ1) is 11.0.